The lowest BCUT2D eigenvalue weighted by Gasteiger charge is -2.56. The Morgan fingerprint density at radius 3 is 1.97 bits per heavy atom. The molecule has 1 atom stereocenters. The molecule has 4 rings (SSSR count). The Kier molecular flexibility index (Phi) is 11.1. The van der Waals surface area contributed by atoms with Gasteiger partial charge in [-0.15, -0.1) is 0 Å². The summed E-state index contributed by atoms with van der Waals surface area (Å²) in [6.07, 6.45) is -1.85. The van der Waals surface area contributed by atoms with E-state index < -0.39 is 24.3 Å². The molecule has 15 heteroatoms. The van der Waals surface area contributed by atoms with E-state index in [0.29, 0.717) is 18.8 Å². The summed E-state index contributed by atoms with van der Waals surface area (Å²) in [7, 11) is 0. The van der Waals surface area contributed by atoms with Crippen LogP contribution in [0.15, 0.2) is 24.5 Å². The van der Waals surface area contributed by atoms with Gasteiger partial charge in [0.05, 0.1) is 18.3 Å². The zero-order valence-corrected chi connectivity index (χ0v) is 19.6. The monoisotopic (exact) mass is 546 g/mol. The summed E-state index contributed by atoms with van der Waals surface area (Å²) in [5.41, 5.74) is 1.23. The molecule has 1 aromatic heterocycles. The SMILES string of the molecule is O=C(O)C(F)(F)F.O=C(O)C(F)(F)F.c1cc(COC2CCOC3(C2)CN(C2CCOCC2)C3)ccn1. The highest BCUT2D eigenvalue weighted by molar-refractivity contribution is 5.73. The van der Waals surface area contributed by atoms with Crippen molar-refractivity contribution in [3.05, 3.63) is 30.1 Å². The number of ether oxygens (including phenoxy) is 3. The first kappa shape index (κ1) is 30.7. The largest absolute Gasteiger partial charge is 0.490 e. The van der Waals surface area contributed by atoms with Crippen molar-refractivity contribution < 1.29 is 60.4 Å². The average molecular weight is 546 g/mol. The molecule has 0 amide bonds. The summed E-state index contributed by atoms with van der Waals surface area (Å²) in [6, 6.07) is 4.73. The molecule has 0 aliphatic carbocycles. The van der Waals surface area contributed by atoms with E-state index in [0.717, 1.165) is 58.6 Å². The predicted octanol–water partition coefficient (Wildman–Crippen LogP) is 3.28. The number of carbonyl (C=O) groups is 2. The summed E-state index contributed by atoms with van der Waals surface area (Å²) >= 11 is 0. The van der Waals surface area contributed by atoms with E-state index in [1.165, 1.54) is 5.56 Å². The molecule has 3 aliphatic heterocycles. The van der Waals surface area contributed by atoms with Gasteiger partial charge in [-0.3, -0.25) is 9.88 Å². The van der Waals surface area contributed by atoms with Crippen LogP contribution in [-0.2, 0) is 30.4 Å². The molecule has 4 heterocycles. The molecule has 0 aromatic carbocycles. The average Bonchev–Trinajstić information content (AvgIpc) is 2.82. The molecule has 210 valence electrons. The number of rotatable bonds is 4. The van der Waals surface area contributed by atoms with Crippen molar-refractivity contribution in [1.29, 1.82) is 0 Å². The van der Waals surface area contributed by atoms with E-state index >= 15 is 0 Å². The lowest BCUT2D eigenvalue weighted by atomic mass is 9.82. The minimum atomic E-state index is -5.08. The molecule has 3 saturated heterocycles. The molecule has 2 N–H and O–H groups in total. The van der Waals surface area contributed by atoms with Gasteiger partial charge in [-0.25, -0.2) is 9.59 Å². The molecule has 1 unspecified atom stereocenters. The molecule has 3 aliphatic rings. The number of hydrogen-bond donors (Lipinski definition) is 2. The second-order valence-corrected chi connectivity index (χ2v) is 8.67. The van der Waals surface area contributed by atoms with E-state index in [2.05, 4.69) is 9.88 Å². The standard InChI is InChI=1S/C18H26N2O3.2C2HF3O2/c1-6-19-7-2-15(1)12-22-17-5-10-23-18(11-17)13-20(14-18)16-3-8-21-9-4-16;2*3-2(4,5)1(6)7/h1-2,6-7,16-17H,3-5,8-14H2;2*(H,6,7). The van der Waals surface area contributed by atoms with E-state index in [-0.39, 0.29) is 5.60 Å². The van der Waals surface area contributed by atoms with Crippen LogP contribution in [0.3, 0.4) is 0 Å². The zero-order valence-electron chi connectivity index (χ0n) is 19.6. The van der Waals surface area contributed by atoms with Crippen molar-refractivity contribution in [2.24, 2.45) is 0 Å². The van der Waals surface area contributed by atoms with Crippen molar-refractivity contribution in [3.63, 3.8) is 0 Å². The molecule has 0 saturated carbocycles. The van der Waals surface area contributed by atoms with Gasteiger partial charge in [-0.2, -0.15) is 26.3 Å². The number of carboxylic acids is 2. The number of aromatic nitrogens is 1. The summed E-state index contributed by atoms with van der Waals surface area (Å²) in [5, 5.41) is 14.2. The minimum absolute atomic E-state index is 0.0411. The molecular formula is C22H28F6N2O7. The Morgan fingerprint density at radius 2 is 1.49 bits per heavy atom. The molecule has 1 spiro atoms. The molecule has 3 fully saturated rings. The lowest BCUT2D eigenvalue weighted by molar-refractivity contribution is -0.210. The fourth-order valence-electron chi connectivity index (χ4n) is 4.04. The zero-order chi connectivity index (χ0) is 27.7. The van der Waals surface area contributed by atoms with E-state index in [4.69, 9.17) is 34.0 Å². The third-order valence-corrected chi connectivity index (χ3v) is 5.86. The summed E-state index contributed by atoms with van der Waals surface area (Å²) in [4.78, 5) is 24.4. The smallest absolute Gasteiger partial charge is 0.475 e. The maximum atomic E-state index is 10.6. The van der Waals surface area contributed by atoms with Crippen molar-refractivity contribution >= 4 is 11.9 Å². The highest BCUT2D eigenvalue weighted by Gasteiger charge is 2.49. The van der Waals surface area contributed by atoms with Crippen LogP contribution < -0.4 is 0 Å². The number of likely N-dealkylation sites (tertiary alicyclic amines) is 1. The van der Waals surface area contributed by atoms with Crippen LogP contribution in [0.4, 0.5) is 26.3 Å². The van der Waals surface area contributed by atoms with Gasteiger partial charge in [0.1, 0.15) is 0 Å². The van der Waals surface area contributed by atoms with Crippen molar-refractivity contribution in [3.8, 4) is 0 Å². The highest BCUT2D eigenvalue weighted by atomic mass is 19.4. The van der Waals surface area contributed by atoms with E-state index in [1.54, 1.807) is 0 Å². The number of aliphatic carboxylic acids is 2. The Labute approximate surface area is 208 Å². The van der Waals surface area contributed by atoms with Crippen LogP contribution in [0.25, 0.3) is 0 Å². The molecule has 0 bridgehead atoms. The van der Waals surface area contributed by atoms with E-state index in [9.17, 15) is 26.3 Å². The van der Waals surface area contributed by atoms with Crippen LogP contribution >= 0.6 is 0 Å². The van der Waals surface area contributed by atoms with Gasteiger partial charge in [0.25, 0.3) is 0 Å². The fraction of sp³-hybridized carbons (Fsp3) is 0.682. The van der Waals surface area contributed by atoms with Crippen LogP contribution in [-0.4, -0.2) is 95.0 Å². The fourth-order valence-corrected chi connectivity index (χ4v) is 4.04. The first-order valence-electron chi connectivity index (χ1n) is 11.3. The van der Waals surface area contributed by atoms with Gasteiger partial charge >= 0.3 is 24.3 Å². The van der Waals surface area contributed by atoms with Gasteiger partial charge < -0.3 is 24.4 Å². The highest BCUT2D eigenvalue weighted by Crippen LogP contribution is 2.38. The number of hydrogen-bond acceptors (Lipinski definition) is 7. The first-order valence-corrected chi connectivity index (χ1v) is 11.3. The molecule has 9 nitrogen and oxygen atoms in total. The summed E-state index contributed by atoms with van der Waals surface area (Å²) in [6.45, 7) is 5.44. The first-order chi connectivity index (χ1) is 17.2. The lowest BCUT2D eigenvalue weighted by Crippen LogP contribution is -2.68. The van der Waals surface area contributed by atoms with Crippen molar-refractivity contribution in [2.45, 2.75) is 62.4 Å². The Morgan fingerprint density at radius 1 is 0.973 bits per heavy atom. The third kappa shape index (κ3) is 10.4. The number of alkyl halides is 6. The van der Waals surface area contributed by atoms with Gasteiger partial charge in [0, 0.05) is 57.8 Å². The van der Waals surface area contributed by atoms with Crippen LogP contribution in [0.2, 0.25) is 0 Å². The van der Waals surface area contributed by atoms with Gasteiger partial charge in [-0.05, 0) is 37.0 Å². The van der Waals surface area contributed by atoms with Crippen LogP contribution in [0.1, 0.15) is 31.2 Å². The minimum Gasteiger partial charge on any atom is -0.475 e. The second kappa shape index (κ2) is 13.3. The van der Waals surface area contributed by atoms with Gasteiger partial charge in [0.15, 0.2) is 0 Å². The molecule has 1 aromatic rings. The third-order valence-electron chi connectivity index (χ3n) is 5.86. The Balaban J connectivity index is 0.000000286. The van der Waals surface area contributed by atoms with Crippen molar-refractivity contribution in [2.75, 3.05) is 32.9 Å². The van der Waals surface area contributed by atoms with Gasteiger partial charge in [-0.1, -0.05) is 0 Å². The number of nitrogens with zero attached hydrogens (tertiary/aromatic N) is 2. The van der Waals surface area contributed by atoms with E-state index in [1.807, 2.05) is 24.5 Å². The Bertz CT molecular complexity index is 833. The summed E-state index contributed by atoms with van der Waals surface area (Å²) < 4.78 is 81.2. The maximum absolute atomic E-state index is 10.6. The maximum Gasteiger partial charge on any atom is 0.490 e. The van der Waals surface area contributed by atoms with Crippen LogP contribution in [0, 0.1) is 0 Å². The van der Waals surface area contributed by atoms with Gasteiger partial charge in [0.2, 0.25) is 0 Å². The Hall–Kier alpha value is -2.49. The second-order valence-electron chi connectivity index (χ2n) is 8.67. The number of carboxylic acid groups (broad SMARTS) is 2. The molecule has 37 heavy (non-hydrogen) atoms. The molecule has 0 radical (unpaired) electrons. The number of pyridine rings is 1. The number of halogens is 6. The quantitative estimate of drug-likeness (QED) is 0.549. The summed E-state index contributed by atoms with van der Waals surface area (Å²) in [5.74, 6) is -5.51. The molecular weight excluding hydrogens is 518 g/mol. The van der Waals surface area contributed by atoms with Crippen LogP contribution in [0.5, 0.6) is 0 Å². The van der Waals surface area contributed by atoms with Crippen molar-refractivity contribution in [1.82, 2.24) is 9.88 Å². The predicted molar refractivity (Wildman–Crippen MR) is 114 cm³/mol. The normalized spacial score (nSPS) is 22.1. The topological polar surface area (TPSA) is 118 Å².